The molecule has 2 heterocycles. The highest BCUT2D eigenvalue weighted by Crippen LogP contribution is 2.36. The van der Waals surface area contributed by atoms with E-state index in [1.807, 2.05) is 19.1 Å². The second-order valence-electron chi connectivity index (χ2n) is 6.24. The normalized spacial score (nSPS) is 18.8. The predicted molar refractivity (Wildman–Crippen MR) is 90.5 cm³/mol. The molecule has 0 saturated carbocycles. The van der Waals surface area contributed by atoms with E-state index in [-0.39, 0.29) is 22.6 Å². The van der Waals surface area contributed by atoms with Crippen molar-refractivity contribution in [2.75, 3.05) is 11.9 Å². The number of amides is 3. The van der Waals surface area contributed by atoms with Crippen LogP contribution in [0.4, 0.5) is 5.69 Å². The Labute approximate surface area is 144 Å². The van der Waals surface area contributed by atoms with Crippen molar-refractivity contribution in [3.05, 3.63) is 64.2 Å². The van der Waals surface area contributed by atoms with Crippen molar-refractivity contribution in [1.29, 1.82) is 0 Å². The molecular weight excluding hydrogens is 320 g/mol. The highest BCUT2D eigenvalue weighted by molar-refractivity contribution is 6.35. The maximum atomic E-state index is 12.8. The van der Waals surface area contributed by atoms with Gasteiger partial charge in [-0.15, -0.1) is 0 Å². The Hall–Kier alpha value is -2.99. The van der Waals surface area contributed by atoms with Crippen LogP contribution < -0.4 is 4.90 Å². The molecule has 0 bridgehead atoms. The molecule has 6 nitrogen and oxygen atoms in total. The number of fused-ring (bicyclic) bond motifs is 2. The van der Waals surface area contributed by atoms with Crippen LogP contribution in [0.1, 0.15) is 55.4 Å². The lowest BCUT2D eigenvalue weighted by Crippen LogP contribution is -2.29. The first-order valence-corrected chi connectivity index (χ1v) is 8.05. The molecule has 1 unspecified atom stereocenters. The lowest BCUT2D eigenvalue weighted by molar-refractivity contribution is 0.0301. The lowest BCUT2D eigenvalue weighted by atomic mass is 10.0. The van der Waals surface area contributed by atoms with E-state index in [0.717, 1.165) is 16.9 Å². The van der Waals surface area contributed by atoms with Crippen LogP contribution in [-0.4, -0.2) is 34.8 Å². The number of carbonyl (C=O) groups is 3. The summed E-state index contributed by atoms with van der Waals surface area (Å²) < 4.78 is 0. The van der Waals surface area contributed by atoms with Crippen LogP contribution in [0.3, 0.4) is 0 Å². The summed E-state index contributed by atoms with van der Waals surface area (Å²) in [5, 5.41) is 10.1. The summed E-state index contributed by atoms with van der Waals surface area (Å²) in [5.74, 6) is -1.26. The Morgan fingerprint density at radius 3 is 2.12 bits per heavy atom. The topological polar surface area (TPSA) is 77.9 Å². The van der Waals surface area contributed by atoms with E-state index in [1.54, 1.807) is 12.1 Å². The number of anilines is 1. The fourth-order valence-corrected chi connectivity index (χ4v) is 3.33. The molecule has 2 aromatic carbocycles. The Morgan fingerprint density at radius 1 is 0.920 bits per heavy atom. The van der Waals surface area contributed by atoms with Crippen LogP contribution in [-0.2, 0) is 6.42 Å². The van der Waals surface area contributed by atoms with Gasteiger partial charge in [0.05, 0.1) is 16.8 Å². The second kappa shape index (κ2) is 5.26. The number of aliphatic hydroxyl groups excluding tert-OH is 1. The third-order valence-corrected chi connectivity index (χ3v) is 4.86. The van der Waals surface area contributed by atoms with Crippen molar-refractivity contribution < 1.29 is 19.5 Å². The lowest BCUT2D eigenvalue weighted by Gasteiger charge is -2.15. The van der Waals surface area contributed by atoms with Gasteiger partial charge in [-0.25, -0.2) is 4.90 Å². The van der Waals surface area contributed by atoms with Crippen LogP contribution in [0.15, 0.2) is 36.4 Å². The van der Waals surface area contributed by atoms with E-state index in [9.17, 15) is 19.5 Å². The van der Waals surface area contributed by atoms with Gasteiger partial charge in [0.15, 0.2) is 6.23 Å². The number of hydrogen-bond acceptors (Lipinski definition) is 4. The Morgan fingerprint density at radius 2 is 1.52 bits per heavy atom. The zero-order chi connectivity index (χ0) is 17.9. The molecule has 0 radical (unpaired) electrons. The average Bonchev–Trinajstić information content (AvgIpc) is 3.00. The maximum absolute atomic E-state index is 12.8. The van der Waals surface area contributed by atoms with E-state index >= 15 is 0 Å². The van der Waals surface area contributed by atoms with Gasteiger partial charge < -0.3 is 10.0 Å². The molecule has 0 aliphatic carbocycles. The van der Waals surface area contributed by atoms with Crippen LogP contribution in [0.25, 0.3) is 0 Å². The first kappa shape index (κ1) is 15.5. The standard InChI is InChI=1S/C19H16N2O4/c1-3-10-4-6-11(7-5-10)21-18(24)14-8-12-13(9-15(14)19(21)25)17(23)20(2)16(12)22/h4-9,16,22H,3H2,1-2H3. The predicted octanol–water partition coefficient (Wildman–Crippen LogP) is 2.13. The number of aliphatic hydroxyl groups is 1. The molecule has 2 aromatic rings. The third kappa shape index (κ3) is 2.04. The fraction of sp³-hybridized carbons (Fsp3) is 0.211. The minimum Gasteiger partial charge on any atom is -0.369 e. The maximum Gasteiger partial charge on any atom is 0.266 e. The summed E-state index contributed by atoms with van der Waals surface area (Å²) in [6, 6.07) is 10.1. The number of carbonyl (C=O) groups excluding carboxylic acids is 3. The minimum atomic E-state index is -1.10. The van der Waals surface area contributed by atoms with E-state index in [1.165, 1.54) is 24.1 Å². The zero-order valence-electron chi connectivity index (χ0n) is 13.8. The van der Waals surface area contributed by atoms with Crippen molar-refractivity contribution in [1.82, 2.24) is 4.90 Å². The van der Waals surface area contributed by atoms with Crippen molar-refractivity contribution in [2.45, 2.75) is 19.6 Å². The van der Waals surface area contributed by atoms with E-state index in [4.69, 9.17) is 0 Å². The molecule has 4 rings (SSSR count). The first-order chi connectivity index (χ1) is 11.9. The number of aryl methyl sites for hydroxylation is 1. The minimum absolute atomic E-state index is 0.194. The molecule has 6 heteroatoms. The highest BCUT2D eigenvalue weighted by Gasteiger charge is 2.41. The average molecular weight is 336 g/mol. The van der Waals surface area contributed by atoms with E-state index in [0.29, 0.717) is 11.3 Å². The Bertz CT molecular complexity index is 933. The van der Waals surface area contributed by atoms with Gasteiger partial charge in [0.25, 0.3) is 17.7 Å². The smallest absolute Gasteiger partial charge is 0.266 e. The molecule has 0 aromatic heterocycles. The summed E-state index contributed by atoms with van der Waals surface area (Å²) >= 11 is 0. The molecule has 1 atom stereocenters. The van der Waals surface area contributed by atoms with Gasteiger partial charge in [0.1, 0.15) is 0 Å². The van der Waals surface area contributed by atoms with Gasteiger partial charge in [-0.2, -0.15) is 0 Å². The van der Waals surface area contributed by atoms with Crippen molar-refractivity contribution in [3.63, 3.8) is 0 Å². The molecule has 0 spiro atoms. The Kier molecular flexibility index (Phi) is 3.27. The summed E-state index contributed by atoms with van der Waals surface area (Å²) in [5.41, 5.74) is 2.63. The van der Waals surface area contributed by atoms with Crippen LogP contribution >= 0.6 is 0 Å². The molecule has 0 saturated heterocycles. The molecule has 126 valence electrons. The van der Waals surface area contributed by atoms with Crippen LogP contribution in [0.5, 0.6) is 0 Å². The van der Waals surface area contributed by atoms with Crippen molar-refractivity contribution >= 4 is 23.4 Å². The highest BCUT2D eigenvalue weighted by atomic mass is 16.3. The van der Waals surface area contributed by atoms with Crippen molar-refractivity contribution in [3.8, 4) is 0 Å². The number of benzene rings is 2. The van der Waals surface area contributed by atoms with Crippen LogP contribution in [0.2, 0.25) is 0 Å². The summed E-state index contributed by atoms with van der Waals surface area (Å²) in [6.07, 6.45) is -0.239. The third-order valence-electron chi connectivity index (χ3n) is 4.86. The van der Waals surface area contributed by atoms with Gasteiger partial charge in [0.2, 0.25) is 0 Å². The molecule has 1 N–H and O–H groups in total. The van der Waals surface area contributed by atoms with Gasteiger partial charge >= 0.3 is 0 Å². The molecule has 0 fully saturated rings. The summed E-state index contributed by atoms with van der Waals surface area (Å²) in [6.45, 7) is 2.03. The van der Waals surface area contributed by atoms with E-state index < -0.39 is 18.0 Å². The Balaban J connectivity index is 1.80. The van der Waals surface area contributed by atoms with Gasteiger partial charge in [-0.05, 0) is 36.2 Å². The van der Waals surface area contributed by atoms with Crippen molar-refractivity contribution in [2.24, 2.45) is 0 Å². The number of hydrogen-bond donors (Lipinski definition) is 1. The summed E-state index contributed by atoms with van der Waals surface area (Å²) in [7, 11) is 1.48. The van der Waals surface area contributed by atoms with E-state index in [2.05, 4.69) is 0 Å². The molecule has 2 aliphatic heterocycles. The largest absolute Gasteiger partial charge is 0.369 e. The number of imide groups is 1. The molecule has 2 aliphatic rings. The first-order valence-electron chi connectivity index (χ1n) is 8.05. The fourth-order valence-electron chi connectivity index (χ4n) is 3.33. The molecule has 3 amide bonds. The van der Waals surface area contributed by atoms with Gasteiger partial charge in [0, 0.05) is 18.2 Å². The van der Waals surface area contributed by atoms with Gasteiger partial charge in [-0.3, -0.25) is 14.4 Å². The van der Waals surface area contributed by atoms with Gasteiger partial charge in [-0.1, -0.05) is 19.1 Å². The number of rotatable bonds is 2. The SMILES string of the molecule is CCc1ccc(N2C(=O)c3cc4c(cc3C2=O)C(O)N(C)C4=O)cc1. The zero-order valence-corrected chi connectivity index (χ0v) is 13.8. The molecular formula is C19H16N2O4. The summed E-state index contributed by atoms with van der Waals surface area (Å²) in [4.78, 5) is 40.0. The monoisotopic (exact) mass is 336 g/mol. The number of nitrogens with zero attached hydrogens (tertiary/aromatic N) is 2. The molecule has 25 heavy (non-hydrogen) atoms. The van der Waals surface area contributed by atoms with Crippen LogP contribution in [0, 0.1) is 0 Å². The second-order valence-corrected chi connectivity index (χ2v) is 6.24. The quantitative estimate of drug-likeness (QED) is 0.852.